The molecule has 1 aromatic heterocycles. The van der Waals surface area contributed by atoms with E-state index in [-0.39, 0.29) is 5.43 Å². The van der Waals surface area contributed by atoms with Gasteiger partial charge >= 0.3 is 0 Å². The standard InChI is InChI=1S/C20H25NO2/c1-3-5-6-7-8-9-14-18(22)19-15(4-2)20(23)16-12-10-11-13-17(16)21-19/h10-13,18,22H,3-8H2,1-2H3,(H,21,23). The molecule has 3 heteroatoms. The van der Waals surface area contributed by atoms with Gasteiger partial charge in [-0.15, -0.1) is 5.92 Å². The number of unbranched alkanes of at least 4 members (excludes halogenated alkanes) is 4. The third-order valence-corrected chi connectivity index (χ3v) is 4.06. The van der Waals surface area contributed by atoms with Crippen LogP contribution in [-0.2, 0) is 6.42 Å². The van der Waals surface area contributed by atoms with Crippen molar-refractivity contribution in [3.63, 3.8) is 0 Å². The number of benzene rings is 1. The predicted octanol–water partition coefficient (Wildman–Crippen LogP) is 4.10. The number of rotatable bonds is 6. The lowest BCUT2D eigenvalue weighted by molar-refractivity contribution is 0.232. The Morgan fingerprint density at radius 2 is 1.96 bits per heavy atom. The normalized spacial score (nSPS) is 12.0. The summed E-state index contributed by atoms with van der Waals surface area (Å²) in [7, 11) is 0. The number of hydrogen-bond donors (Lipinski definition) is 2. The second-order valence-electron chi connectivity index (χ2n) is 5.78. The van der Waals surface area contributed by atoms with E-state index < -0.39 is 6.10 Å². The molecule has 2 rings (SSSR count). The van der Waals surface area contributed by atoms with Gasteiger partial charge in [0.05, 0.1) is 5.69 Å². The molecule has 122 valence electrons. The predicted molar refractivity (Wildman–Crippen MR) is 95.4 cm³/mol. The molecular weight excluding hydrogens is 286 g/mol. The van der Waals surface area contributed by atoms with Gasteiger partial charge in [-0.2, -0.15) is 0 Å². The SMILES string of the molecule is CCCCCCC#CC(O)c1[nH]c2ccccc2c(=O)c1CC. The summed E-state index contributed by atoms with van der Waals surface area (Å²) < 4.78 is 0. The summed E-state index contributed by atoms with van der Waals surface area (Å²) in [6, 6.07) is 7.39. The minimum atomic E-state index is -0.937. The smallest absolute Gasteiger partial charge is 0.192 e. The van der Waals surface area contributed by atoms with Crippen LogP contribution in [0.3, 0.4) is 0 Å². The van der Waals surface area contributed by atoms with Crippen LogP contribution in [0.25, 0.3) is 10.9 Å². The van der Waals surface area contributed by atoms with E-state index in [9.17, 15) is 9.90 Å². The number of aromatic nitrogens is 1. The Kier molecular flexibility index (Phi) is 6.43. The maximum absolute atomic E-state index is 12.6. The maximum Gasteiger partial charge on any atom is 0.192 e. The molecule has 0 fully saturated rings. The van der Waals surface area contributed by atoms with Gasteiger partial charge in [-0.25, -0.2) is 0 Å². The molecule has 0 aliphatic carbocycles. The van der Waals surface area contributed by atoms with Crippen molar-refractivity contribution < 1.29 is 5.11 Å². The van der Waals surface area contributed by atoms with Gasteiger partial charge in [-0.3, -0.25) is 4.79 Å². The highest BCUT2D eigenvalue weighted by Crippen LogP contribution is 2.18. The number of fused-ring (bicyclic) bond motifs is 1. The van der Waals surface area contributed by atoms with Crippen LogP contribution in [0.1, 0.15) is 63.3 Å². The molecule has 0 spiro atoms. The number of aliphatic hydroxyl groups is 1. The minimum absolute atomic E-state index is 0.0133. The highest BCUT2D eigenvalue weighted by molar-refractivity contribution is 5.79. The van der Waals surface area contributed by atoms with Crippen molar-refractivity contribution in [1.29, 1.82) is 0 Å². The van der Waals surface area contributed by atoms with Gasteiger partial charge < -0.3 is 10.1 Å². The molecule has 1 unspecified atom stereocenters. The third-order valence-electron chi connectivity index (χ3n) is 4.06. The van der Waals surface area contributed by atoms with E-state index in [0.29, 0.717) is 23.1 Å². The van der Waals surface area contributed by atoms with Crippen molar-refractivity contribution in [3.05, 3.63) is 45.7 Å². The number of para-hydroxylation sites is 1. The Balaban J connectivity index is 2.24. The van der Waals surface area contributed by atoms with Gasteiger partial charge in [0.15, 0.2) is 11.5 Å². The summed E-state index contributed by atoms with van der Waals surface area (Å²) in [4.78, 5) is 15.7. The van der Waals surface area contributed by atoms with Gasteiger partial charge in [-0.1, -0.05) is 51.2 Å². The molecule has 0 amide bonds. The minimum Gasteiger partial charge on any atom is -0.375 e. The number of hydrogen-bond acceptors (Lipinski definition) is 2. The second-order valence-corrected chi connectivity index (χ2v) is 5.78. The molecule has 1 aromatic carbocycles. The van der Waals surface area contributed by atoms with Crippen molar-refractivity contribution in [1.82, 2.24) is 4.98 Å². The largest absolute Gasteiger partial charge is 0.375 e. The van der Waals surface area contributed by atoms with Gasteiger partial charge in [0.1, 0.15) is 0 Å². The molecule has 0 saturated heterocycles. The fourth-order valence-electron chi connectivity index (χ4n) is 2.76. The van der Waals surface area contributed by atoms with Crippen LogP contribution >= 0.6 is 0 Å². The summed E-state index contributed by atoms with van der Waals surface area (Å²) in [5.41, 5.74) is 1.89. The summed E-state index contributed by atoms with van der Waals surface area (Å²) in [6.45, 7) is 4.10. The molecule has 2 aromatic rings. The van der Waals surface area contributed by atoms with E-state index in [2.05, 4.69) is 23.7 Å². The van der Waals surface area contributed by atoms with E-state index in [1.54, 1.807) is 0 Å². The van der Waals surface area contributed by atoms with Gasteiger partial charge in [-0.05, 0) is 25.0 Å². The first-order valence-corrected chi connectivity index (χ1v) is 8.49. The lowest BCUT2D eigenvalue weighted by Gasteiger charge is -2.11. The Morgan fingerprint density at radius 1 is 1.17 bits per heavy atom. The van der Waals surface area contributed by atoms with Crippen molar-refractivity contribution in [2.75, 3.05) is 0 Å². The lowest BCUT2D eigenvalue weighted by atomic mass is 10.0. The fourth-order valence-corrected chi connectivity index (χ4v) is 2.76. The topological polar surface area (TPSA) is 53.1 Å². The number of aliphatic hydroxyl groups excluding tert-OH is 1. The van der Waals surface area contributed by atoms with Gasteiger partial charge in [0.2, 0.25) is 0 Å². The molecule has 1 heterocycles. The monoisotopic (exact) mass is 311 g/mol. The molecule has 1 atom stereocenters. The molecule has 23 heavy (non-hydrogen) atoms. The zero-order valence-corrected chi connectivity index (χ0v) is 14.0. The van der Waals surface area contributed by atoms with Crippen molar-refractivity contribution >= 4 is 10.9 Å². The average Bonchev–Trinajstić information content (AvgIpc) is 2.57. The Labute approximate surface area is 137 Å². The molecule has 0 aliphatic heterocycles. The summed E-state index contributed by atoms with van der Waals surface area (Å²) in [5, 5.41) is 11.0. The van der Waals surface area contributed by atoms with Crippen LogP contribution in [0.15, 0.2) is 29.1 Å². The molecule has 3 nitrogen and oxygen atoms in total. The van der Waals surface area contributed by atoms with E-state index in [1.807, 2.05) is 31.2 Å². The van der Waals surface area contributed by atoms with Crippen LogP contribution in [0.2, 0.25) is 0 Å². The fraction of sp³-hybridized carbons (Fsp3) is 0.450. The van der Waals surface area contributed by atoms with Gasteiger partial charge in [0.25, 0.3) is 0 Å². The first-order chi connectivity index (χ1) is 11.2. The van der Waals surface area contributed by atoms with Crippen LogP contribution in [0.5, 0.6) is 0 Å². The molecular formula is C20H25NO2. The van der Waals surface area contributed by atoms with Crippen LogP contribution in [0, 0.1) is 11.8 Å². The maximum atomic E-state index is 12.6. The van der Waals surface area contributed by atoms with Gasteiger partial charge in [0, 0.05) is 22.9 Å². The first-order valence-electron chi connectivity index (χ1n) is 8.49. The Hall–Kier alpha value is -2.05. The number of nitrogens with one attached hydrogen (secondary N) is 1. The number of H-pyrrole nitrogens is 1. The molecule has 0 radical (unpaired) electrons. The highest BCUT2D eigenvalue weighted by Gasteiger charge is 2.15. The lowest BCUT2D eigenvalue weighted by Crippen LogP contribution is -2.16. The highest BCUT2D eigenvalue weighted by atomic mass is 16.3. The first kappa shape index (κ1) is 17.3. The molecule has 0 saturated carbocycles. The second kappa shape index (κ2) is 8.55. The Morgan fingerprint density at radius 3 is 2.70 bits per heavy atom. The van der Waals surface area contributed by atoms with Crippen LogP contribution < -0.4 is 5.43 Å². The zero-order valence-electron chi connectivity index (χ0n) is 14.0. The number of aromatic amines is 1. The Bertz CT molecular complexity index is 765. The van der Waals surface area contributed by atoms with Crippen molar-refractivity contribution in [2.24, 2.45) is 0 Å². The van der Waals surface area contributed by atoms with Crippen molar-refractivity contribution in [3.8, 4) is 11.8 Å². The van der Waals surface area contributed by atoms with Crippen LogP contribution in [0.4, 0.5) is 0 Å². The molecule has 0 bridgehead atoms. The van der Waals surface area contributed by atoms with Crippen molar-refractivity contribution in [2.45, 2.75) is 58.5 Å². The average molecular weight is 311 g/mol. The van der Waals surface area contributed by atoms with E-state index in [1.165, 1.54) is 19.3 Å². The van der Waals surface area contributed by atoms with E-state index >= 15 is 0 Å². The zero-order chi connectivity index (χ0) is 16.7. The van der Waals surface area contributed by atoms with Crippen LogP contribution in [-0.4, -0.2) is 10.1 Å². The van der Waals surface area contributed by atoms with E-state index in [0.717, 1.165) is 18.4 Å². The third kappa shape index (κ3) is 4.24. The van der Waals surface area contributed by atoms with E-state index in [4.69, 9.17) is 0 Å². The summed E-state index contributed by atoms with van der Waals surface area (Å²) >= 11 is 0. The molecule has 0 aliphatic rings. The number of pyridine rings is 1. The summed E-state index contributed by atoms with van der Waals surface area (Å²) in [5.74, 6) is 5.92. The quantitative estimate of drug-likeness (QED) is 0.623. The summed E-state index contributed by atoms with van der Waals surface area (Å²) in [6.07, 6.45) is 5.09. The molecule has 2 N–H and O–H groups in total.